The first-order valence-corrected chi connectivity index (χ1v) is 8.24. The standard InChI is InChI=1S/C19H23NO/c1-2-5-15-12-16(8-7-14(15)4-1)19-17(6-3-11-21-19)13-20-18-9-10-18/h1-2,4-5,7-8,12,17-20H,3,6,9-11,13H2. The summed E-state index contributed by atoms with van der Waals surface area (Å²) in [5.74, 6) is 0.612. The second-order valence-corrected chi connectivity index (χ2v) is 6.48. The number of hydrogen-bond acceptors (Lipinski definition) is 2. The van der Waals surface area contributed by atoms with Gasteiger partial charge >= 0.3 is 0 Å². The van der Waals surface area contributed by atoms with Gasteiger partial charge in [-0.25, -0.2) is 0 Å². The molecule has 2 fully saturated rings. The van der Waals surface area contributed by atoms with Crippen molar-refractivity contribution in [1.82, 2.24) is 5.32 Å². The first kappa shape index (κ1) is 13.3. The van der Waals surface area contributed by atoms with Crippen LogP contribution in [0.1, 0.15) is 37.4 Å². The Morgan fingerprint density at radius 2 is 1.86 bits per heavy atom. The molecule has 1 heterocycles. The predicted molar refractivity (Wildman–Crippen MR) is 86.4 cm³/mol. The van der Waals surface area contributed by atoms with Crippen molar-refractivity contribution in [1.29, 1.82) is 0 Å². The van der Waals surface area contributed by atoms with Crippen LogP contribution in [0.2, 0.25) is 0 Å². The second-order valence-electron chi connectivity index (χ2n) is 6.48. The van der Waals surface area contributed by atoms with Gasteiger partial charge in [-0.2, -0.15) is 0 Å². The van der Waals surface area contributed by atoms with E-state index in [9.17, 15) is 0 Å². The summed E-state index contributed by atoms with van der Waals surface area (Å²) < 4.78 is 6.14. The highest BCUT2D eigenvalue weighted by atomic mass is 16.5. The van der Waals surface area contributed by atoms with Crippen LogP contribution in [0.4, 0.5) is 0 Å². The van der Waals surface area contributed by atoms with Crippen molar-refractivity contribution in [3.63, 3.8) is 0 Å². The summed E-state index contributed by atoms with van der Waals surface area (Å²) >= 11 is 0. The number of fused-ring (bicyclic) bond motifs is 1. The van der Waals surface area contributed by atoms with Gasteiger partial charge in [-0.15, -0.1) is 0 Å². The van der Waals surface area contributed by atoms with Crippen molar-refractivity contribution >= 4 is 10.8 Å². The van der Waals surface area contributed by atoms with E-state index >= 15 is 0 Å². The molecule has 2 unspecified atom stereocenters. The van der Waals surface area contributed by atoms with Crippen LogP contribution in [0.3, 0.4) is 0 Å². The lowest BCUT2D eigenvalue weighted by atomic mass is 9.88. The van der Waals surface area contributed by atoms with Gasteiger partial charge < -0.3 is 10.1 Å². The van der Waals surface area contributed by atoms with Gasteiger partial charge in [0, 0.05) is 25.1 Å². The molecule has 0 spiro atoms. The zero-order valence-electron chi connectivity index (χ0n) is 12.4. The van der Waals surface area contributed by atoms with Crippen LogP contribution >= 0.6 is 0 Å². The fourth-order valence-corrected chi connectivity index (χ4v) is 3.41. The van der Waals surface area contributed by atoms with Crippen LogP contribution in [0.25, 0.3) is 10.8 Å². The van der Waals surface area contributed by atoms with Crippen LogP contribution in [-0.2, 0) is 4.74 Å². The molecular weight excluding hydrogens is 258 g/mol. The van der Waals surface area contributed by atoms with Crippen molar-refractivity contribution in [3.8, 4) is 0 Å². The number of benzene rings is 2. The maximum absolute atomic E-state index is 6.14. The smallest absolute Gasteiger partial charge is 0.0865 e. The summed E-state index contributed by atoms with van der Waals surface area (Å²) in [6.07, 6.45) is 5.44. The molecule has 1 N–H and O–H groups in total. The molecule has 0 amide bonds. The average molecular weight is 281 g/mol. The Labute approximate surface area is 126 Å². The topological polar surface area (TPSA) is 21.3 Å². The molecule has 2 aromatic carbocycles. The maximum atomic E-state index is 6.14. The van der Waals surface area contributed by atoms with Crippen molar-refractivity contribution in [3.05, 3.63) is 48.0 Å². The summed E-state index contributed by atoms with van der Waals surface area (Å²) in [5.41, 5.74) is 1.34. The van der Waals surface area contributed by atoms with Crippen molar-refractivity contribution in [2.24, 2.45) is 5.92 Å². The average Bonchev–Trinajstić information content (AvgIpc) is 3.37. The van der Waals surface area contributed by atoms with Gasteiger partial charge in [0.15, 0.2) is 0 Å². The third-order valence-corrected chi connectivity index (χ3v) is 4.79. The van der Waals surface area contributed by atoms with E-state index in [-0.39, 0.29) is 6.10 Å². The van der Waals surface area contributed by atoms with Gasteiger partial charge in [-0.3, -0.25) is 0 Å². The Bertz CT molecular complexity index is 620. The Morgan fingerprint density at radius 1 is 1.00 bits per heavy atom. The van der Waals surface area contributed by atoms with Gasteiger partial charge in [0.05, 0.1) is 6.10 Å². The minimum Gasteiger partial charge on any atom is -0.373 e. The molecule has 0 aromatic heterocycles. The molecular formula is C19H23NO. The van der Waals surface area contributed by atoms with Gasteiger partial charge in [0.25, 0.3) is 0 Å². The zero-order chi connectivity index (χ0) is 14.1. The highest BCUT2D eigenvalue weighted by Gasteiger charge is 2.29. The lowest BCUT2D eigenvalue weighted by molar-refractivity contribution is -0.0277. The number of nitrogens with one attached hydrogen (secondary N) is 1. The molecule has 1 aliphatic heterocycles. The van der Waals surface area contributed by atoms with Gasteiger partial charge in [0.2, 0.25) is 0 Å². The molecule has 2 heteroatoms. The Hall–Kier alpha value is -1.38. The van der Waals surface area contributed by atoms with Crippen LogP contribution < -0.4 is 5.32 Å². The normalized spacial score (nSPS) is 26.1. The Morgan fingerprint density at radius 3 is 2.71 bits per heavy atom. The first-order chi connectivity index (χ1) is 10.4. The number of ether oxygens (including phenoxy) is 1. The summed E-state index contributed by atoms with van der Waals surface area (Å²) in [5, 5.41) is 6.31. The molecule has 2 atom stereocenters. The molecule has 110 valence electrons. The fraction of sp³-hybridized carbons (Fsp3) is 0.474. The molecule has 1 saturated heterocycles. The van der Waals surface area contributed by atoms with E-state index in [1.165, 1.54) is 42.0 Å². The monoisotopic (exact) mass is 281 g/mol. The lowest BCUT2D eigenvalue weighted by Gasteiger charge is -2.32. The van der Waals surface area contributed by atoms with E-state index in [0.29, 0.717) is 5.92 Å². The SMILES string of the molecule is c1ccc2cc(C3OCCCC3CNC3CC3)ccc2c1. The maximum Gasteiger partial charge on any atom is 0.0865 e. The van der Waals surface area contributed by atoms with E-state index in [1.54, 1.807) is 0 Å². The van der Waals surface area contributed by atoms with Crippen molar-refractivity contribution in [2.45, 2.75) is 37.8 Å². The molecule has 2 aliphatic rings. The molecule has 1 saturated carbocycles. The van der Waals surface area contributed by atoms with E-state index in [2.05, 4.69) is 47.8 Å². The first-order valence-electron chi connectivity index (χ1n) is 8.24. The fourth-order valence-electron chi connectivity index (χ4n) is 3.41. The summed E-state index contributed by atoms with van der Waals surface area (Å²) in [7, 11) is 0. The Balaban J connectivity index is 1.57. The molecule has 2 nitrogen and oxygen atoms in total. The second kappa shape index (κ2) is 5.78. The number of rotatable bonds is 4. The van der Waals surface area contributed by atoms with Gasteiger partial charge in [-0.1, -0.05) is 36.4 Å². The van der Waals surface area contributed by atoms with E-state index in [0.717, 1.165) is 19.2 Å². The Kier molecular flexibility index (Phi) is 3.66. The van der Waals surface area contributed by atoms with Gasteiger partial charge in [-0.05, 0) is 48.1 Å². The van der Waals surface area contributed by atoms with Crippen LogP contribution in [0.5, 0.6) is 0 Å². The molecule has 2 aromatic rings. The number of hydrogen-bond donors (Lipinski definition) is 1. The largest absolute Gasteiger partial charge is 0.373 e. The van der Waals surface area contributed by atoms with Crippen molar-refractivity contribution in [2.75, 3.05) is 13.2 Å². The van der Waals surface area contributed by atoms with E-state index in [4.69, 9.17) is 4.74 Å². The van der Waals surface area contributed by atoms with Crippen LogP contribution in [0, 0.1) is 5.92 Å². The third-order valence-electron chi connectivity index (χ3n) is 4.79. The quantitative estimate of drug-likeness (QED) is 0.912. The predicted octanol–water partition coefficient (Wildman–Crippen LogP) is 4.06. The van der Waals surface area contributed by atoms with E-state index < -0.39 is 0 Å². The molecule has 0 bridgehead atoms. The van der Waals surface area contributed by atoms with Crippen LogP contribution in [-0.4, -0.2) is 19.2 Å². The highest BCUT2D eigenvalue weighted by molar-refractivity contribution is 5.83. The zero-order valence-corrected chi connectivity index (χ0v) is 12.4. The van der Waals surface area contributed by atoms with Crippen LogP contribution in [0.15, 0.2) is 42.5 Å². The third kappa shape index (κ3) is 2.97. The van der Waals surface area contributed by atoms with Gasteiger partial charge in [0.1, 0.15) is 0 Å². The summed E-state index contributed by atoms with van der Waals surface area (Å²) in [6, 6.07) is 16.2. The minimum absolute atomic E-state index is 0.259. The molecule has 4 rings (SSSR count). The molecule has 1 aliphatic carbocycles. The molecule has 0 radical (unpaired) electrons. The van der Waals surface area contributed by atoms with Crippen molar-refractivity contribution < 1.29 is 4.74 Å². The highest BCUT2D eigenvalue weighted by Crippen LogP contribution is 2.35. The van der Waals surface area contributed by atoms with E-state index in [1.807, 2.05) is 0 Å². The lowest BCUT2D eigenvalue weighted by Crippen LogP contribution is -2.32. The summed E-state index contributed by atoms with van der Waals surface area (Å²) in [4.78, 5) is 0. The minimum atomic E-state index is 0.259. The molecule has 21 heavy (non-hydrogen) atoms. The summed E-state index contributed by atoms with van der Waals surface area (Å²) in [6.45, 7) is 2.00.